The van der Waals surface area contributed by atoms with Gasteiger partial charge < -0.3 is 15.5 Å². The average molecular weight is 419 g/mol. The highest BCUT2D eigenvalue weighted by molar-refractivity contribution is 6.09. The lowest BCUT2D eigenvalue weighted by Crippen LogP contribution is -2.48. The molecule has 10 nitrogen and oxygen atoms in total. The molecule has 0 saturated carbocycles. The maximum absolute atomic E-state index is 11.6. The monoisotopic (exact) mass is 419 g/mol. The van der Waals surface area contributed by atoms with E-state index in [-0.39, 0.29) is 5.91 Å². The Morgan fingerprint density at radius 1 is 1.13 bits per heavy atom. The van der Waals surface area contributed by atoms with Gasteiger partial charge in [-0.1, -0.05) is 0 Å². The molecule has 10 heteroatoms. The summed E-state index contributed by atoms with van der Waals surface area (Å²) >= 11 is 0. The van der Waals surface area contributed by atoms with Crippen LogP contribution in [-0.2, 0) is 4.79 Å². The van der Waals surface area contributed by atoms with Gasteiger partial charge in [0, 0.05) is 70.0 Å². The van der Waals surface area contributed by atoms with Crippen LogP contribution in [0, 0.1) is 0 Å². The number of rotatable bonds is 4. The lowest BCUT2D eigenvalue weighted by Gasteiger charge is -2.34. The van der Waals surface area contributed by atoms with Crippen molar-refractivity contribution in [2.45, 2.75) is 13.8 Å². The molecule has 2 N–H and O–H groups in total. The lowest BCUT2D eigenvalue weighted by atomic mass is 10.1. The summed E-state index contributed by atoms with van der Waals surface area (Å²) in [5, 5.41) is 0. The quantitative estimate of drug-likeness (QED) is 0.632. The first-order chi connectivity index (χ1) is 15.0. The second kappa shape index (κ2) is 8.50. The number of anilines is 1. The standard InChI is InChI=1S/C21H25N9O/c1-14(22)16(10-23-3)17-13-30-18(11-26-20(30)12-25-17)21-24-5-4-19(27-21)29-8-6-28(7-9-29)15(2)31/h4-5,10-13H,6-9,22H2,1-3H3. The second-order valence-electron chi connectivity index (χ2n) is 7.36. The highest BCUT2D eigenvalue weighted by Gasteiger charge is 2.20. The number of amides is 1. The highest BCUT2D eigenvalue weighted by atomic mass is 16.2. The number of imidazole rings is 1. The fourth-order valence-electron chi connectivity index (χ4n) is 3.59. The predicted molar refractivity (Wildman–Crippen MR) is 120 cm³/mol. The number of aliphatic imine (C=N–C) groups is 1. The van der Waals surface area contributed by atoms with Crippen LogP contribution >= 0.6 is 0 Å². The first-order valence-electron chi connectivity index (χ1n) is 10.0. The molecule has 1 amide bonds. The Bertz CT molecular complexity index is 1170. The summed E-state index contributed by atoms with van der Waals surface area (Å²) in [5.74, 6) is 1.50. The minimum absolute atomic E-state index is 0.104. The van der Waals surface area contributed by atoms with E-state index in [1.165, 1.54) is 0 Å². The van der Waals surface area contributed by atoms with E-state index in [9.17, 15) is 4.79 Å². The third-order valence-corrected chi connectivity index (χ3v) is 5.27. The van der Waals surface area contributed by atoms with Crippen molar-refractivity contribution in [2.24, 2.45) is 10.7 Å². The van der Waals surface area contributed by atoms with E-state index >= 15 is 0 Å². The zero-order valence-electron chi connectivity index (χ0n) is 17.9. The maximum Gasteiger partial charge on any atom is 0.219 e. The Morgan fingerprint density at radius 3 is 2.58 bits per heavy atom. The molecule has 1 aliphatic heterocycles. The molecule has 0 aliphatic carbocycles. The van der Waals surface area contributed by atoms with Crippen molar-refractivity contribution >= 4 is 29.2 Å². The van der Waals surface area contributed by atoms with Crippen LogP contribution in [0.4, 0.5) is 5.82 Å². The zero-order valence-corrected chi connectivity index (χ0v) is 17.9. The summed E-state index contributed by atoms with van der Waals surface area (Å²) in [6, 6.07) is 1.89. The number of carbonyl (C=O) groups excluding carboxylic acids is 1. The van der Waals surface area contributed by atoms with Gasteiger partial charge in [0.05, 0.1) is 18.1 Å². The van der Waals surface area contributed by atoms with Gasteiger partial charge in [0.1, 0.15) is 11.5 Å². The van der Waals surface area contributed by atoms with Gasteiger partial charge in [-0.25, -0.2) is 15.0 Å². The number of fused-ring (bicyclic) bond motifs is 1. The fourth-order valence-corrected chi connectivity index (χ4v) is 3.59. The molecule has 0 aromatic carbocycles. The maximum atomic E-state index is 11.6. The Labute approximate surface area is 180 Å². The van der Waals surface area contributed by atoms with E-state index in [1.807, 2.05) is 28.5 Å². The summed E-state index contributed by atoms with van der Waals surface area (Å²) < 4.78 is 1.90. The van der Waals surface area contributed by atoms with Crippen molar-refractivity contribution in [1.82, 2.24) is 29.2 Å². The topological polar surface area (TPSA) is 118 Å². The summed E-state index contributed by atoms with van der Waals surface area (Å²) in [6.45, 7) is 6.26. The number of aromatic nitrogens is 5. The van der Waals surface area contributed by atoms with Gasteiger partial charge in [-0.2, -0.15) is 0 Å². The third kappa shape index (κ3) is 4.09. The van der Waals surface area contributed by atoms with Crippen molar-refractivity contribution in [3.05, 3.63) is 42.2 Å². The van der Waals surface area contributed by atoms with Crippen LogP contribution in [0.1, 0.15) is 19.5 Å². The number of hydrogen-bond donors (Lipinski definition) is 1. The number of nitrogens with zero attached hydrogens (tertiary/aromatic N) is 8. The van der Waals surface area contributed by atoms with E-state index in [1.54, 1.807) is 38.8 Å². The summed E-state index contributed by atoms with van der Waals surface area (Å²) in [5.41, 5.74) is 9.53. The van der Waals surface area contributed by atoms with E-state index < -0.39 is 0 Å². The summed E-state index contributed by atoms with van der Waals surface area (Å²) in [4.78, 5) is 37.8. The van der Waals surface area contributed by atoms with Gasteiger partial charge in [-0.05, 0) is 13.0 Å². The van der Waals surface area contributed by atoms with Crippen LogP contribution in [-0.4, -0.2) is 74.6 Å². The first-order valence-corrected chi connectivity index (χ1v) is 10.0. The molecule has 0 bridgehead atoms. The molecule has 0 unspecified atom stereocenters. The van der Waals surface area contributed by atoms with Crippen molar-refractivity contribution in [1.29, 1.82) is 0 Å². The lowest BCUT2D eigenvalue weighted by molar-refractivity contribution is -0.129. The third-order valence-electron chi connectivity index (χ3n) is 5.27. The van der Waals surface area contributed by atoms with Crippen molar-refractivity contribution in [3.63, 3.8) is 0 Å². The van der Waals surface area contributed by atoms with Gasteiger partial charge in [-0.15, -0.1) is 0 Å². The molecule has 0 radical (unpaired) electrons. The smallest absolute Gasteiger partial charge is 0.219 e. The normalized spacial score (nSPS) is 15.6. The van der Waals surface area contributed by atoms with E-state index in [4.69, 9.17) is 10.7 Å². The molecule has 31 heavy (non-hydrogen) atoms. The highest BCUT2D eigenvalue weighted by Crippen LogP contribution is 2.22. The zero-order chi connectivity index (χ0) is 22.0. The molecular weight excluding hydrogens is 394 g/mol. The Kier molecular flexibility index (Phi) is 5.61. The molecule has 0 spiro atoms. The van der Waals surface area contributed by atoms with Crippen LogP contribution in [0.2, 0.25) is 0 Å². The Balaban J connectivity index is 1.68. The van der Waals surface area contributed by atoms with E-state index in [0.717, 1.165) is 30.2 Å². The molecule has 1 fully saturated rings. The van der Waals surface area contributed by atoms with Gasteiger partial charge in [-0.3, -0.25) is 19.2 Å². The van der Waals surface area contributed by atoms with Crippen LogP contribution in [0.5, 0.6) is 0 Å². The van der Waals surface area contributed by atoms with Crippen LogP contribution in [0.3, 0.4) is 0 Å². The summed E-state index contributed by atoms with van der Waals surface area (Å²) in [7, 11) is 1.69. The van der Waals surface area contributed by atoms with Crippen LogP contribution in [0.25, 0.3) is 22.7 Å². The van der Waals surface area contributed by atoms with E-state index in [0.29, 0.717) is 36.0 Å². The van der Waals surface area contributed by atoms with Crippen molar-refractivity contribution in [2.75, 3.05) is 38.1 Å². The van der Waals surface area contributed by atoms with Crippen LogP contribution in [0.15, 0.2) is 41.5 Å². The molecule has 0 atom stereocenters. The fraction of sp³-hybridized carbons (Fsp3) is 0.333. The largest absolute Gasteiger partial charge is 0.402 e. The number of allylic oxidation sites excluding steroid dienone is 2. The first kappa shape index (κ1) is 20.5. The van der Waals surface area contributed by atoms with E-state index in [2.05, 4.69) is 24.8 Å². The second-order valence-corrected chi connectivity index (χ2v) is 7.36. The molecule has 1 saturated heterocycles. The van der Waals surface area contributed by atoms with Gasteiger partial charge >= 0.3 is 0 Å². The van der Waals surface area contributed by atoms with Gasteiger partial charge in [0.2, 0.25) is 5.91 Å². The molecule has 4 rings (SSSR count). The molecule has 4 heterocycles. The number of hydrogen-bond acceptors (Lipinski definition) is 8. The molecule has 1 aliphatic rings. The number of piperazine rings is 1. The van der Waals surface area contributed by atoms with Gasteiger partial charge in [0.25, 0.3) is 0 Å². The summed E-state index contributed by atoms with van der Waals surface area (Å²) in [6.07, 6.45) is 8.73. The van der Waals surface area contributed by atoms with Crippen molar-refractivity contribution in [3.8, 4) is 11.5 Å². The Hall–Kier alpha value is -3.82. The number of carbonyl (C=O) groups is 1. The Morgan fingerprint density at radius 2 is 1.90 bits per heavy atom. The van der Waals surface area contributed by atoms with Crippen LogP contribution < -0.4 is 10.6 Å². The minimum atomic E-state index is 0.104. The minimum Gasteiger partial charge on any atom is -0.402 e. The predicted octanol–water partition coefficient (Wildman–Crippen LogP) is 1.25. The molecular formula is C21H25N9O. The SMILES string of the molecule is CN=CC(=C(C)N)c1cn2c(-c3nccc(N4CCN(C(C)=O)CC4)n3)cnc2cn1. The van der Waals surface area contributed by atoms with Gasteiger partial charge in [0.15, 0.2) is 11.5 Å². The molecule has 160 valence electrons. The van der Waals surface area contributed by atoms with Crippen molar-refractivity contribution < 1.29 is 4.79 Å². The molecule has 3 aromatic heterocycles. The average Bonchev–Trinajstić information content (AvgIpc) is 3.20. The molecule has 3 aromatic rings. The number of nitrogens with two attached hydrogens (primary N) is 1.